The molecule has 0 spiro atoms. The summed E-state index contributed by atoms with van der Waals surface area (Å²) in [4.78, 5) is 0. The summed E-state index contributed by atoms with van der Waals surface area (Å²) in [6, 6.07) is 4.65. The van der Waals surface area contributed by atoms with Crippen LogP contribution in [0.5, 0.6) is 0 Å². The molecule has 0 aliphatic carbocycles. The standard InChI is InChI=1S/C16H18S2/c1-3-5-11-12(6-4-2)14-8-10-18-16(14)15-13(11)7-9-17-15/h7-10H,3-6H2,1-2H3. The number of hydrogen-bond donors (Lipinski definition) is 0. The summed E-state index contributed by atoms with van der Waals surface area (Å²) >= 11 is 3.80. The minimum atomic E-state index is 1.22. The lowest BCUT2D eigenvalue weighted by atomic mass is 9.93. The SMILES string of the molecule is CCCc1c(CCC)c2ccsc2c2sccc12. The Morgan fingerprint density at radius 1 is 0.778 bits per heavy atom. The van der Waals surface area contributed by atoms with Gasteiger partial charge in [0.05, 0.1) is 9.40 Å². The molecular weight excluding hydrogens is 256 g/mol. The van der Waals surface area contributed by atoms with Crippen molar-refractivity contribution in [2.45, 2.75) is 39.5 Å². The van der Waals surface area contributed by atoms with Crippen molar-refractivity contribution in [3.8, 4) is 0 Å². The molecule has 2 heteroatoms. The van der Waals surface area contributed by atoms with Crippen LogP contribution in [0.2, 0.25) is 0 Å². The van der Waals surface area contributed by atoms with Crippen LogP contribution in [-0.4, -0.2) is 0 Å². The van der Waals surface area contributed by atoms with Crippen LogP contribution in [0.1, 0.15) is 37.8 Å². The van der Waals surface area contributed by atoms with Gasteiger partial charge in [-0.05, 0) is 57.6 Å². The first-order valence-corrected chi connectivity index (χ1v) is 8.50. The summed E-state index contributed by atoms with van der Waals surface area (Å²) in [6.45, 7) is 4.57. The van der Waals surface area contributed by atoms with Crippen LogP contribution < -0.4 is 0 Å². The predicted octanol–water partition coefficient (Wildman–Crippen LogP) is 6.02. The summed E-state index contributed by atoms with van der Waals surface area (Å²) in [7, 11) is 0. The summed E-state index contributed by atoms with van der Waals surface area (Å²) in [6.07, 6.45) is 4.90. The first-order valence-electron chi connectivity index (χ1n) is 6.74. The maximum Gasteiger partial charge on any atom is 0.0523 e. The largest absolute Gasteiger partial charge is 0.142 e. The van der Waals surface area contributed by atoms with Gasteiger partial charge in [-0.2, -0.15) is 0 Å². The maximum absolute atomic E-state index is 2.32. The Morgan fingerprint density at radius 2 is 1.22 bits per heavy atom. The van der Waals surface area contributed by atoms with E-state index in [0.29, 0.717) is 0 Å². The van der Waals surface area contributed by atoms with Crippen LogP contribution in [-0.2, 0) is 12.8 Å². The molecule has 0 bridgehead atoms. The van der Waals surface area contributed by atoms with E-state index in [1.165, 1.54) is 45.9 Å². The second-order valence-corrected chi connectivity index (χ2v) is 6.62. The van der Waals surface area contributed by atoms with E-state index in [1.807, 2.05) is 22.7 Å². The molecule has 0 saturated heterocycles. The molecule has 1 aromatic carbocycles. The summed E-state index contributed by atoms with van der Waals surface area (Å²) in [5.41, 5.74) is 3.23. The third-order valence-electron chi connectivity index (χ3n) is 3.55. The van der Waals surface area contributed by atoms with Crippen molar-refractivity contribution in [3.05, 3.63) is 34.0 Å². The van der Waals surface area contributed by atoms with Gasteiger partial charge >= 0.3 is 0 Å². The topological polar surface area (TPSA) is 0 Å². The molecule has 0 nitrogen and oxygen atoms in total. The van der Waals surface area contributed by atoms with Gasteiger partial charge in [-0.1, -0.05) is 26.7 Å². The van der Waals surface area contributed by atoms with Crippen LogP contribution in [0.25, 0.3) is 20.2 Å². The second kappa shape index (κ2) is 5.02. The first kappa shape index (κ1) is 12.2. The summed E-state index contributed by atoms with van der Waals surface area (Å²) in [5.74, 6) is 0. The minimum absolute atomic E-state index is 1.22. The maximum atomic E-state index is 2.32. The highest BCUT2D eigenvalue weighted by molar-refractivity contribution is 7.25. The monoisotopic (exact) mass is 274 g/mol. The quantitative estimate of drug-likeness (QED) is 0.545. The minimum Gasteiger partial charge on any atom is -0.142 e. The fraction of sp³-hybridized carbons (Fsp3) is 0.375. The van der Waals surface area contributed by atoms with Crippen LogP contribution >= 0.6 is 22.7 Å². The molecule has 3 rings (SSSR count). The Morgan fingerprint density at radius 3 is 1.61 bits per heavy atom. The molecule has 2 aromatic heterocycles. The van der Waals surface area contributed by atoms with E-state index in [4.69, 9.17) is 0 Å². The van der Waals surface area contributed by atoms with Crippen molar-refractivity contribution in [1.82, 2.24) is 0 Å². The fourth-order valence-corrected chi connectivity index (χ4v) is 4.88. The predicted molar refractivity (Wildman–Crippen MR) is 85.2 cm³/mol. The summed E-state index contributed by atoms with van der Waals surface area (Å²) < 4.78 is 3.01. The normalized spacial score (nSPS) is 11.7. The van der Waals surface area contributed by atoms with Gasteiger partial charge in [-0.15, -0.1) is 22.7 Å². The second-order valence-electron chi connectivity index (χ2n) is 4.78. The van der Waals surface area contributed by atoms with Gasteiger partial charge in [0.2, 0.25) is 0 Å². The molecular formula is C16H18S2. The van der Waals surface area contributed by atoms with Gasteiger partial charge in [0.1, 0.15) is 0 Å². The number of aryl methyl sites for hydroxylation is 2. The molecule has 0 N–H and O–H groups in total. The zero-order chi connectivity index (χ0) is 12.5. The Kier molecular flexibility index (Phi) is 3.40. The van der Waals surface area contributed by atoms with Gasteiger partial charge in [-0.25, -0.2) is 0 Å². The zero-order valence-electron chi connectivity index (χ0n) is 11.0. The van der Waals surface area contributed by atoms with Crippen molar-refractivity contribution < 1.29 is 0 Å². The smallest absolute Gasteiger partial charge is 0.0523 e. The molecule has 0 aliphatic heterocycles. The Bertz CT molecular complexity index is 613. The number of benzene rings is 1. The van der Waals surface area contributed by atoms with Crippen molar-refractivity contribution >= 4 is 42.8 Å². The van der Waals surface area contributed by atoms with E-state index in [9.17, 15) is 0 Å². The molecule has 18 heavy (non-hydrogen) atoms. The van der Waals surface area contributed by atoms with E-state index in [0.717, 1.165) is 0 Å². The van der Waals surface area contributed by atoms with Crippen molar-refractivity contribution in [2.75, 3.05) is 0 Å². The number of thiophene rings is 2. The van der Waals surface area contributed by atoms with Gasteiger partial charge in [0, 0.05) is 0 Å². The van der Waals surface area contributed by atoms with E-state index in [1.54, 1.807) is 11.1 Å². The molecule has 0 aliphatic rings. The Balaban J connectivity index is 2.41. The van der Waals surface area contributed by atoms with E-state index in [-0.39, 0.29) is 0 Å². The zero-order valence-corrected chi connectivity index (χ0v) is 12.6. The number of rotatable bonds is 4. The summed E-state index contributed by atoms with van der Waals surface area (Å²) in [5, 5.41) is 7.53. The highest BCUT2D eigenvalue weighted by atomic mass is 32.1. The molecule has 0 amide bonds. The van der Waals surface area contributed by atoms with E-state index in [2.05, 4.69) is 36.7 Å². The highest BCUT2D eigenvalue weighted by Gasteiger charge is 2.14. The van der Waals surface area contributed by atoms with Crippen molar-refractivity contribution in [3.63, 3.8) is 0 Å². The lowest BCUT2D eigenvalue weighted by Gasteiger charge is -2.12. The van der Waals surface area contributed by atoms with Gasteiger partial charge < -0.3 is 0 Å². The third kappa shape index (κ3) is 1.79. The third-order valence-corrected chi connectivity index (χ3v) is 5.54. The van der Waals surface area contributed by atoms with Crippen LogP contribution in [0.4, 0.5) is 0 Å². The fourth-order valence-electron chi connectivity index (χ4n) is 2.84. The average molecular weight is 274 g/mol. The molecule has 94 valence electrons. The van der Waals surface area contributed by atoms with Gasteiger partial charge in [0.25, 0.3) is 0 Å². The van der Waals surface area contributed by atoms with Crippen LogP contribution in [0, 0.1) is 0 Å². The molecule has 2 heterocycles. The Hall–Kier alpha value is -0.860. The molecule has 0 unspecified atom stereocenters. The van der Waals surface area contributed by atoms with Crippen molar-refractivity contribution in [2.24, 2.45) is 0 Å². The van der Waals surface area contributed by atoms with Gasteiger partial charge in [0.15, 0.2) is 0 Å². The van der Waals surface area contributed by atoms with Crippen LogP contribution in [0.3, 0.4) is 0 Å². The van der Waals surface area contributed by atoms with Crippen LogP contribution in [0.15, 0.2) is 22.9 Å². The molecule has 0 saturated carbocycles. The number of fused-ring (bicyclic) bond motifs is 3. The lowest BCUT2D eigenvalue weighted by Crippen LogP contribution is -1.95. The van der Waals surface area contributed by atoms with E-state index >= 15 is 0 Å². The molecule has 0 fully saturated rings. The molecule has 3 aromatic rings. The Labute approximate surface area is 116 Å². The number of hydrogen-bond acceptors (Lipinski definition) is 2. The van der Waals surface area contributed by atoms with Gasteiger partial charge in [-0.3, -0.25) is 0 Å². The highest BCUT2D eigenvalue weighted by Crippen LogP contribution is 2.39. The lowest BCUT2D eigenvalue weighted by molar-refractivity contribution is 0.875. The van der Waals surface area contributed by atoms with Crippen molar-refractivity contribution in [1.29, 1.82) is 0 Å². The molecule has 0 radical (unpaired) electrons. The van der Waals surface area contributed by atoms with E-state index < -0.39 is 0 Å². The first-order chi connectivity index (χ1) is 8.86. The average Bonchev–Trinajstić information content (AvgIpc) is 3.00. The molecule has 0 atom stereocenters.